The molecule has 0 saturated carbocycles. The van der Waals surface area contributed by atoms with E-state index in [0.29, 0.717) is 11.3 Å². The van der Waals surface area contributed by atoms with Crippen LogP contribution in [0, 0.1) is 17.9 Å². The molecule has 0 fully saturated rings. The molecule has 0 amide bonds. The molecule has 10 rings (SSSR count). The Balaban J connectivity index is 1.38. The van der Waals surface area contributed by atoms with Gasteiger partial charge in [0.15, 0.2) is 5.69 Å². The van der Waals surface area contributed by atoms with Crippen LogP contribution in [0.5, 0.6) is 0 Å². The standard InChI is InChI=1S/C44H24N4O/c1-46-28-19-21-33(40(25-28)47-36-14-6-2-10-29(36)30-11-3-7-15-37(30)47)32-20-18-27(26-45)24-39(32)48-38-16-8-4-12-31(38)34-22-23-42-43(44(34)48)35-13-5-9-17-41(35)49-42/h2-25H. The number of hydrogen-bond acceptors (Lipinski definition) is 2. The average molecular weight is 625 g/mol. The number of aromatic nitrogens is 2. The minimum absolute atomic E-state index is 0.555. The maximum atomic E-state index is 10.2. The smallest absolute Gasteiger partial charge is 0.189 e. The van der Waals surface area contributed by atoms with Gasteiger partial charge in [0, 0.05) is 43.7 Å². The molecule has 0 aliphatic rings. The summed E-state index contributed by atoms with van der Waals surface area (Å²) < 4.78 is 10.9. The molecule has 226 valence electrons. The maximum absolute atomic E-state index is 10.2. The van der Waals surface area contributed by atoms with E-state index in [1.807, 2.05) is 54.6 Å². The van der Waals surface area contributed by atoms with E-state index in [2.05, 4.69) is 111 Å². The first kappa shape index (κ1) is 27.1. The summed E-state index contributed by atoms with van der Waals surface area (Å²) in [6, 6.07) is 51.8. The molecule has 0 aliphatic heterocycles. The van der Waals surface area contributed by atoms with E-state index in [4.69, 9.17) is 11.0 Å². The lowest BCUT2D eigenvalue weighted by Gasteiger charge is -2.19. The quantitative estimate of drug-likeness (QED) is 0.184. The topological polar surface area (TPSA) is 51.1 Å². The minimum Gasteiger partial charge on any atom is -0.456 e. The normalized spacial score (nSPS) is 11.6. The van der Waals surface area contributed by atoms with Crippen LogP contribution in [0.25, 0.3) is 92.9 Å². The van der Waals surface area contributed by atoms with E-state index in [1.54, 1.807) is 0 Å². The van der Waals surface area contributed by atoms with E-state index >= 15 is 0 Å². The van der Waals surface area contributed by atoms with Crippen LogP contribution in [0.15, 0.2) is 150 Å². The Bertz CT molecular complexity index is 3030. The molecule has 5 heteroatoms. The molecule has 0 aliphatic carbocycles. The lowest BCUT2D eigenvalue weighted by atomic mass is 9.98. The highest BCUT2D eigenvalue weighted by Gasteiger charge is 2.23. The first-order valence-corrected chi connectivity index (χ1v) is 16.1. The molecule has 3 aromatic heterocycles. The number of nitrogens with zero attached hydrogens (tertiary/aromatic N) is 4. The van der Waals surface area contributed by atoms with Crippen molar-refractivity contribution in [1.29, 1.82) is 5.26 Å². The summed E-state index contributed by atoms with van der Waals surface area (Å²) in [6.45, 7) is 7.95. The zero-order chi connectivity index (χ0) is 32.6. The van der Waals surface area contributed by atoms with Crippen LogP contribution >= 0.6 is 0 Å². The Labute approximate surface area is 280 Å². The molecular weight excluding hydrogens is 601 g/mol. The van der Waals surface area contributed by atoms with Crippen molar-refractivity contribution in [3.8, 4) is 28.6 Å². The monoisotopic (exact) mass is 624 g/mol. The summed E-state index contributed by atoms with van der Waals surface area (Å²) >= 11 is 0. The zero-order valence-corrected chi connectivity index (χ0v) is 26.1. The number of fused-ring (bicyclic) bond motifs is 10. The number of nitriles is 1. The van der Waals surface area contributed by atoms with Crippen molar-refractivity contribution >= 4 is 71.2 Å². The van der Waals surface area contributed by atoms with Crippen LogP contribution in [0.2, 0.25) is 0 Å². The number of para-hydroxylation sites is 4. The van der Waals surface area contributed by atoms with Gasteiger partial charge >= 0.3 is 0 Å². The molecule has 3 heterocycles. The lowest BCUT2D eigenvalue weighted by molar-refractivity contribution is 0.669. The van der Waals surface area contributed by atoms with Crippen LogP contribution in [-0.2, 0) is 0 Å². The molecule has 0 bridgehead atoms. The third-order valence-corrected chi connectivity index (χ3v) is 9.76. The lowest BCUT2D eigenvalue weighted by Crippen LogP contribution is -2.02. The van der Waals surface area contributed by atoms with E-state index in [9.17, 15) is 5.26 Å². The average Bonchev–Trinajstić information content (AvgIpc) is 3.82. The predicted octanol–water partition coefficient (Wildman–Crippen LogP) is 11.9. The Hall–Kier alpha value is -7.08. The summed E-state index contributed by atoms with van der Waals surface area (Å²) in [5.41, 5.74) is 10.6. The summed E-state index contributed by atoms with van der Waals surface area (Å²) in [4.78, 5) is 3.85. The largest absolute Gasteiger partial charge is 0.456 e. The summed E-state index contributed by atoms with van der Waals surface area (Å²) in [6.07, 6.45) is 0. The van der Waals surface area contributed by atoms with Crippen LogP contribution in [0.4, 0.5) is 5.69 Å². The van der Waals surface area contributed by atoms with Crippen molar-refractivity contribution in [3.05, 3.63) is 163 Å². The number of benzene rings is 7. The molecule has 49 heavy (non-hydrogen) atoms. The van der Waals surface area contributed by atoms with E-state index < -0.39 is 0 Å². The Morgan fingerprint density at radius 1 is 0.531 bits per heavy atom. The molecule has 0 atom stereocenters. The third-order valence-electron chi connectivity index (χ3n) is 9.76. The SMILES string of the molecule is [C-]#[N+]c1ccc(-c2ccc(C#N)cc2-n2c3ccccc3c3ccc4oc5ccccc5c4c32)c(-n2c3ccccc3c3ccccc32)c1. The van der Waals surface area contributed by atoms with Crippen molar-refractivity contribution < 1.29 is 4.42 Å². The second-order valence-electron chi connectivity index (χ2n) is 12.3. The molecule has 5 nitrogen and oxygen atoms in total. The van der Waals surface area contributed by atoms with Crippen LogP contribution in [0.1, 0.15) is 5.56 Å². The van der Waals surface area contributed by atoms with Crippen LogP contribution in [-0.4, -0.2) is 9.13 Å². The van der Waals surface area contributed by atoms with E-state index in [1.165, 1.54) is 0 Å². The molecular formula is C44H24N4O. The highest BCUT2D eigenvalue weighted by atomic mass is 16.3. The maximum Gasteiger partial charge on any atom is 0.189 e. The summed E-state index contributed by atoms with van der Waals surface area (Å²) in [5, 5.41) is 16.8. The number of rotatable bonds is 3. The molecule has 0 N–H and O–H groups in total. The number of hydrogen-bond donors (Lipinski definition) is 0. The molecule has 10 aromatic rings. The van der Waals surface area contributed by atoms with Gasteiger partial charge in [0.2, 0.25) is 0 Å². The summed E-state index contributed by atoms with van der Waals surface area (Å²) in [5.74, 6) is 0. The fourth-order valence-electron chi connectivity index (χ4n) is 7.71. The van der Waals surface area contributed by atoms with Gasteiger partial charge in [-0.2, -0.15) is 5.26 Å². The van der Waals surface area contributed by atoms with Gasteiger partial charge in [-0.25, -0.2) is 4.85 Å². The van der Waals surface area contributed by atoms with Gasteiger partial charge in [0.1, 0.15) is 11.2 Å². The van der Waals surface area contributed by atoms with Gasteiger partial charge in [0.05, 0.1) is 51.3 Å². The van der Waals surface area contributed by atoms with Crippen molar-refractivity contribution in [1.82, 2.24) is 9.13 Å². The molecule has 0 spiro atoms. The minimum atomic E-state index is 0.555. The highest BCUT2D eigenvalue weighted by Crippen LogP contribution is 2.45. The van der Waals surface area contributed by atoms with E-state index in [0.717, 1.165) is 88.1 Å². The highest BCUT2D eigenvalue weighted by molar-refractivity contribution is 6.24. The predicted molar refractivity (Wildman–Crippen MR) is 199 cm³/mol. The Morgan fingerprint density at radius 2 is 1.10 bits per heavy atom. The second kappa shape index (κ2) is 10.2. The van der Waals surface area contributed by atoms with Gasteiger partial charge in [-0.15, -0.1) is 0 Å². The molecule has 7 aromatic carbocycles. The molecule has 0 radical (unpaired) electrons. The fourth-order valence-corrected chi connectivity index (χ4v) is 7.71. The van der Waals surface area contributed by atoms with Crippen LogP contribution < -0.4 is 0 Å². The Kier molecular flexibility index (Phi) is 5.64. The molecule has 0 unspecified atom stereocenters. The summed E-state index contributed by atoms with van der Waals surface area (Å²) in [7, 11) is 0. The van der Waals surface area contributed by atoms with Crippen molar-refractivity contribution in [2.45, 2.75) is 0 Å². The van der Waals surface area contributed by atoms with Gasteiger partial charge in [0.25, 0.3) is 0 Å². The first-order chi connectivity index (χ1) is 24.2. The van der Waals surface area contributed by atoms with Gasteiger partial charge < -0.3 is 13.6 Å². The van der Waals surface area contributed by atoms with Gasteiger partial charge in [-0.1, -0.05) is 91.0 Å². The molecule has 0 saturated heterocycles. The van der Waals surface area contributed by atoms with Crippen LogP contribution in [0.3, 0.4) is 0 Å². The Morgan fingerprint density at radius 3 is 1.78 bits per heavy atom. The van der Waals surface area contributed by atoms with Crippen molar-refractivity contribution in [2.24, 2.45) is 0 Å². The zero-order valence-electron chi connectivity index (χ0n) is 26.1. The first-order valence-electron chi connectivity index (χ1n) is 16.1. The fraction of sp³-hybridized carbons (Fsp3) is 0. The van der Waals surface area contributed by atoms with Crippen molar-refractivity contribution in [2.75, 3.05) is 0 Å². The second-order valence-corrected chi connectivity index (χ2v) is 12.3. The van der Waals surface area contributed by atoms with Gasteiger partial charge in [-0.3, -0.25) is 0 Å². The van der Waals surface area contributed by atoms with Crippen molar-refractivity contribution in [3.63, 3.8) is 0 Å². The number of furan rings is 1. The third kappa shape index (κ3) is 3.79. The van der Waals surface area contributed by atoms with E-state index in [-0.39, 0.29) is 0 Å². The van der Waals surface area contributed by atoms with Gasteiger partial charge in [-0.05, 0) is 54.6 Å².